The summed E-state index contributed by atoms with van der Waals surface area (Å²) >= 11 is 0. The molecule has 2 aliphatic heterocycles. The summed E-state index contributed by atoms with van der Waals surface area (Å²) in [7, 11) is 0. The van der Waals surface area contributed by atoms with E-state index < -0.39 is 0 Å². The van der Waals surface area contributed by atoms with Gasteiger partial charge >= 0.3 is 0 Å². The lowest BCUT2D eigenvalue weighted by atomic mass is 9.93. The number of aryl methyl sites for hydroxylation is 2. The minimum absolute atomic E-state index is 0.235. The van der Waals surface area contributed by atoms with E-state index >= 15 is 0 Å². The summed E-state index contributed by atoms with van der Waals surface area (Å²) in [6.07, 6.45) is 4.78. The van der Waals surface area contributed by atoms with Crippen molar-refractivity contribution in [2.75, 3.05) is 0 Å². The van der Waals surface area contributed by atoms with Crippen LogP contribution in [0.2, 0.25) is 0 Å². The minimum Gasteiger partial charge on any atom is -0.357 e. The van der Waals surface area contributed by atoms with Crippen molar-refractivity contribution in [3.63, 3.8) is 0 Å². The third kappa shape index (κ3) is 0.853. The van der Waals surface area contributed by atoms with Gasteiger partial charge in [-0.05, 0) is 36.1 Å². The molecule has 0 radical (unpaired) electrons. The summed E-state index contributed by atoms with van der Waals surface area (Å²) in [5, 5.41) is 0. The molecule has 0 saturated carbocycles. The van der Waals surface area contributed by atoms with Crippen molar-refractivity contribution in [1.29, 1.82) is 0 Å². The van der Waals surface area contributed by atoms with E-state index in [1.807, 2.05) is 0 Å². The fourth-order valence-corrected chi connectivity index (χ4v) is 2.16. The van der Waals surface area contributed by atoms with E-state index in [2.05, 4.69) is 38.1 Å². The number of rotatable bonds is 0. The Kier molecular flexibility index (Phi) is 1.26. The molecule has 0 aromatic heterocycles. The maximum absolute atomic E-state index is 5.74. The molecule has 2 atom stereocenters. The highest BCUT2D eigenvalue weighted by molar-refractivity contribution is 5.47. The first-order valence-electron chi connectivity index (χ1n) is 4.70. The van der Waals surface area contributed by atoms with E-state index in [1.165, 1.54) is 22.3 Å². The third-order valence-electron chi connectivity index (χ3n) is 3.07. The number of hydrogen-bond acceptors (Lipinski definition) is 1. The van der Waals surface area contributed by atoms with E-state index in [0.717, 1.165) is 0 Å². The average Bonchev–Trinajstić information content (AvgIpc) is 2.67. The molecule has 0 spiro atoms. The Labute approximate surface area is 78.0 Å². The maximum atomic E-state index is 5.74. The molecule has 2 heterocycles. The van der Waals surface area contributed by atoms with Gasteiger partial charge in [-0.3, -0.25) is 0 Å². The summed E-state index contributed by atoms with van der Waals surface area (Å²) in [5.41, 5.74) is 5.47. The van der Waals surface area contributed by atoms with Gasteiger partial charge in [-0.1, -0.05) is 24.3 Å². The Morgan fingerprint density at radius 3 is 1.85 bits per heavy atom. The molecule has 1 nitrogen and oxygen atoms in total. The van der Waals surface area contributed by atoms with Gasteiger partial charge in [0.25, 0.3) is 0 Å². The fourth-order valence-electron chi connectivity index (χ4n) is 2.16. The van der Waals surface area contributed by atoms with Gasteiger partial charge in [-0.25, -0.2) is 0 Å². The molecule has 2 bridgehead atoms. The smallest absolute Gasteiger partial charge is 0.102 e. The van der Waals surface area contributed by atoms with Crippen molar-refractivity contribution < 1.29 is 4.74 Å². The molecular weight excluding hydrogens is 160 g/mol. The topological polar surface area (TPSA) is 9.23 Å². The van der Waals surface area contributed by atoms with Crippen LogP contribution in [-0.4, -0.2) is 0 Å². The zero-order valence-electron chi connectivity index (χ0n) is 7.87. The second-order valence-corrected chi connectivity index (χ2v) is 3.93. The van der Waals surface area contributed by atoms with Crippen LogP contribution in [0.1, 0.15) is 34.5 Å². The van der Waals surface area contributed by atoms with Gasteiger partial charge in [0.1, 0.15) is 12.2 Å². The molecule has 0 saturated heterocycles. The Bertz CT molecular complexity index is 367. The van der Waals surface area contributed by atoms with Crippen LogP contribution in [0.25, 0.3) is 0 Å². The van der Waals surface area contributed by atoms with E-state index in [4.69, 9.17) is 4.74 Å². The fraction of sp³-hybridized carbons (Fsp3) is 0.333. The SMILES string of the molecule is Cc1cc2c(cc1C)C1C=CC2O1. The lowest BCUT2D eigenvalue weighted by molar-refractivity contribution is 0.0878. The van der Waals surface area contributed by atoms with Crippen LogP contribution in [-0.2, 0) is 4.74 Å². The zero-order valence-corrected chi connectivity index (χ0v) is 7.87. The molecule has 3 rings (SSSR count). The lowest BCUT2D eigenvalue weighted by Crippen LogP contribution is -1.95. The van der Waals surface area contributed by atoms with Crippen LogP contribution in [0, 0.1) is 13.8 Å². The van der Waals surface area contributed by atoms with Crippen LogP contribution < -0.4 is 0 Å². The maximum Gasteiger partial charge on any atom is 0.102 e. The summed E-state index contributed by atoms with van der Waals surface area (Å²) in [6.45, 7) is 4.32. The van der Waals surface area contributed by atoms with Gasteiger partial charge in [0.15, 0.2) is 0 Å². The summed E-state index contributed by atoms with van der Waals surface area (Å²) in [5.74, 6) is 0. The molecule has 0 aliphatic carbocycles. The molecule has 0 amide bonds. The van der Waals surface area contributed by atoms with E-state index in [9.17, 15) is 0 Å². The van der Waals surface area contributed by atoms with Gasteiger partial charge in [0, 0.05) is 0 Å². The first kappa shape index (κ1) is 7.34. The van der Waals surface area contributed by atoms with Crippen molar-refractivity contribution in [2.45, 2.75) is 26.1 Å². The predicted molar refractivity (Wildman–Crippen MR) is 51.6 cm³/mol. The summed E-state index contributed by atoms with van der Waals surface area (Å²) in [4.78, 5) is 0. The highest BCUT2D eigenvalue weighted by atomic mass is 16.5. The zero-order chi connectivity index (χ0) is 9.00. The van der Waals surface area contributed by atoms with Gasteiger partial charge in [-0.2, -0.15) is 0 Å². The summed E-state index contributed by atoms with van der Waals surface area (Å²) < 4.78 is 5.74. The van der Waals surface area contributed by atoms with Crippen LogP contribution in [0.5, 0.6) is 0 Å². The molecule has 1 aromatic rings. The predicted octanol–water partition coefficient (Wildman–Crippen LogP) is 2.99. The Morgan fingerprint density at radius 2 is 1.38 bits per heavy atom. The number of benzene rings is 1. The highest BCUT2D eigenvalue weighted by Gasteiger charge is 2.33. The quantitative estimate of drug-likeness (QED) is 0.547. The molecular formula is C12H12O. The largest absolute Gasteiger partial charge is 0.357 e. The number of hydrogen-bond donors (Lipinski definition) is 0. The van der Waals surface area contributed by atoms with Crippen molar-refractivity contribution in [3.05, 3.63) is 46.5 Å². The second-order valence-electron chi connectivity index (χ2n) is 3.93. The minimum atomic E-state index is 0.235. The van der Waals surface area contributed by atoms with Crippen LogP contribution in [0.4, 0.5) is 0 Å². The van der Waals surface area contributed by atoms with Gasteiger partial charge in [0.05, 0.1) is 0 Å². The molecule has 2 unspecified atom stereocenters. The lowest BCUT2D eigenvalue weighted by Gasteiger charge is -2.09. The van der Waals surface area contributed by atoms with Crippen molar-refractivity contribution in [1.82, 2.24) is 0 Å². The van der Waals surface area contributed by atoms with Crippen molar-refractivity contribution >= 4 is 0 Å². The Balaban J connectivity index is 2.25. The van der Waals surface area contributed by atoms with Crippen molar-refractivity contribution in [2.24, 2.45) is 0 Å². The van der Waals surface area contributed by atoms with Crippen LogP contribution >= 0.6 is 0 Å². The molecule has 1 heteroatoms. The van der Waals surface area contributed by atoms with E-state index in [1.54, 1.807) is 0 Å². The van der Waals surface area contributed by atoms with Gasteiger partial charge in [0.2, 0.25) is 0 Å². The summed E-state index contributed by atoms with van der Waals surface area (Å²) in [6, 6.07) is 4.53. The number of ether oxygens (including phenoxy) is 1. The molecule has 2 aliphatic rings. The normalized spacial score (nSPS) is 28.2. The Hall–Kier alpha value is -1.08. The monoisotopic (exact) mass is 172 g/mol. The standard InChI is InChI=1S/C12H12O/c1-7-5-9-10(6-8(7)2)12-4-3-11(9)13-12/h3-6,11-12H,1-2H3. The average molecular weight is 172 g/mol. The van der Waals surface area contributed by atoms with E-state index in [-0.39, 0.29) is 12.2 Å². The number of fused-ring (bicyclic) bond motifs is 5. The first-order valence-corrected chi connectivity index (χ1v) is 4.70. The molecule has 0 N–H and O–H groups in total. The van der Waals surface area contributed by atoms with Gasteiger partial charge in [-0.15, -0.1) is 0 Å². The molecule has 1 aromatic carbocycles. The Morgan fingerprint density at radius 1 is 0.923 bits per heavy atom. The van der Waals surface area contributed by atoms with Crippen LogP contribution in [0.15, 0.2) is 24.3 Å². The molecule has 0 fully saturated rings. The van der Waals surface area contributed by atoms with Crippen molar-refractivity contribution in [3.8, 4) is 0 Å². The highest BCUT2D eigenvalue weighted by Crippen LogP contribution is 2.46. The second kappa shape index (κ2) is 2.24. The van der Waals surface area contributed by atoms with E-state index in [0.29, 0.717) is 0 Å². The molecule has 66 valence electrons. The first-order chi connectivity index (χ1) is 6.25. The van der Waals surface area contributed by atoms with Crippen LogP contribution in [0.3, 0.4) is 0 Å². The van der Waals surface area contributed by atoms with Gasteiger partial charge < -0.3 is 4.74 Å². The third-order valence-corrected chi connectivity index (χ3v) is 3.07. The molecule has 13 heavy (non-hydrogen) atoms.